The highest BCUT2D eigenvalue weighted by atomic mass is 16.7. The van der Waals surface area contributed by atoms with Crippen molar-refractivity contribution in [1.29, 1.82) is 0 Å². The van der Waals surface area contributed by atoms with Crippen LogP contribution >= 0.6 is 0 Å². The van der Waals surface area contributed by atoms with Crippen LogP contribution in [-0.2, 0) is 23.7 Å². The Morgan fingerprint density at radius 3 is 1.35 bits per heavy atom. The summed E-state index contributed by atoms with van der Waals surface area (Å²) in [5.41, 5.74) is 0. The molecule has 1 fully saturated rings. The number of carbonyl (C=O) groups excluding carboxylic acids is 1. The maximum absolute atomic E-state index is 12.9. The van der Waals surface area contributed by atoms with Crippen LogP contribution in [0.15, 0.2) is 60.8 Å². The van der Waals surface area contributed by atoms with Gasteiger partial charge in [0, 0.05) is 13.0 Å². The summed E-state index contributed by atoms with van der Waals surface area (Å²) in [5.74, 6) is -0.316. The predicted octanol–water partition coefficient (Wildman–Crippen LogP) is 14.6. The van der Waals surface area contributed by atoms with Crippen molar-refractivity contribution in [2.75, 3.05) is 26.4 Å². The molecule has 0 amide bonds. The molecule has 0 aromatic heterocycles. The fraction of sp³-hybridized carbons (Fsp3) is 0.814. The van der Waals surface area contributed by atoms with Crippen LogP contribution in [0.1, 0.15) is 245 Å². The van der Waals surface area contributed by atoms with Gasteiger partial charge in [-0.2, -0.15) is 0 Å². The first-order chi connectivity index (χ1) is 33.4. The van der Waals surface area contributed by atoms with Crippen molar-refractivity contribution in [2.24, 2.45) is 0 Å². The lowest BCUT2D eigenvalue weighted by Gasteiger charge is -2.39. The number of carbonyl (C=O) groups is 1. The first kappa shape index (κ1) is 63.9. The summed E-state index contributed by atoms with van der Waals surface area (Å²) in [4.78, 5) is 12.9. The molecular formula is C59H106O9. The normalized spacial score (nSPS) is 19.5. The predicted molar refractivity (Wildman–Crippen MR) is 284 cm³/mol. The minimum Gasteiger partial charge on any atom is -0.457 e. The van der Waals surface area contributed by atoms with Crippen LogP contribution < -0.4 is 0 Å². The second-order valence-corrected chi connectivity index (χ2v) is 19.4. The Morgan fingerprint density at radius 1 is 0.485 bits per heavy atom. The van der Waals surface area contributed by atoms with Crippen LogP contribution in [0, 0.1) is 0 Å². The van der Waals surface area contributed by atoms with Crippen molar-refractivity contribution < 1.29 is 44.2 Å². The molecule has 0 aromatic rings. The molecule has 0 aromatic carbocycles. The van der Waals surface area contributed by atoms with Gasteiger partial charge in [0.1, 0.15) is 30.5 Å². The van der Waals surface area contributed by atoms with E-state index in [1.165, 1.54) is 148 Å². The molecule has 9 nitrogen and oxygen atoms in total. The third-order valence-electron chi connectivity index (χ3n) is 12.9. The average Bonchev–Trinajstić information content (AvgIpc) is 3.34. The van der Waals surface area contributed by atoms with Crippen LogP contribution in [0.3, 0.4) is 0 Å². The standard InChI is InChI=1S/C59H106O9/c1-3-5-7-9-11-13-15-17-19-21-23-25-27-28-30-32-34-36-38-40-42-44-46-48-55(61)67-53(52-66-59-58(64)57(63)56(62)54(50-60)68-59)51-65-49-47-45-43-41-39-37-35-33-31-29-26-24-22-20-18-16-14-12-10-8-6-4-2/h6,8,12,14,18,20,24,26,31,33,53-54,56-60,62-64H,3-5,7,9-11,13,15-17,19,21-23,25,27-30,32,34-52H2,1-2H3/b8-6-,14-12-,20-18-,26-24-,33-31-. The minimum absolute atomic E-state index is 0.119. The number of hydrogen-bond acceptors (Lipinski definition) is 9. The SMILES string of the molecule is CC/C=C\C/C=C\C/C=C\C/C=C\C/C=C\CCCCCCCCOCC(COC1OC(CO)C(O)C(O)C1O)OC(=O)CCCCCCCCCCCCCCCCCCCCCCCCC. The zero-order chi connectivity index (χ0) is 49.2. The van der Waals surface area contributed by atoms with Gasteiger partial charge in [0.2, 0.25) is 0 Å². The summed E-state index contributed by atoms with van der Waals surface area (Å²) in [6, 6.07) is 0. The second-order valence-electron chi connectivity index (χ2n) is 19.4. The van der Waals surface area contributed by atoms with Crippen LogP contribution in [0.2, 0.25) is 0 Å². The van der Waals surface area contributed by atoms with Gasteiger partial charge in [-0.3, -0.25) is 4.79 Å². The largest absolute Gasteiger partial charge is 0.457 e. The summed E-state index contributed by atoms with van der Waals surface area (Å²) in [6.45, 7) is 4.45. The van der Waals surface area contributed by atoms with E-state index in [-0.39, 0.29) is 19.2 Å². The van der Waals surface area contributed by atoms with Crippen LogP contribution in [-0.4, -0.2) is 89.6 Å². The van der Waals surface area contributed by atoms with Crippen molar-refractivity contribution in [3.63, 3.8) is 0 Å². The molecule has 1 aliphatic rings. The lowest BCUT2D eigenvalue weighted by molar-refractivity contribution is -0.305. The monoisotopic (exact) mass is 959 g/mol. The Hall–Kier alpha value is -2.11. The summed E-state index contributed by atoms with van der Waals surface area (Å²) in [5, 5.41) is 40.3. The summed E-state index contributed by atoms with van der Waals surface area (Å²) in [6.07, 6.45) is 58.4. The molecule has 0 radical (unpaired) electrons. The van der Waals surface area contributed by atoms with Gasteiger partial charge in [-0.25, -0.2) is 0 Å². The number of allylic oxidation sites excluding steroid dienone is 10. The molecule has 68 heavy (non-hydrogen) atoms. The van der Waals surface area contributed by atoms with E-state index in [4.69, 9.17) is 18.9 Å². The van der Waals surface area contributed by atoms with Gasteiger partial charge in [-0.15, -0.1) is 0 Å². The molecule has 4 N–H and O–H groups in total. The first-order valence-electron chi connectivity index (χ1n) is 28.4. The number of aliphatic hydroxyl groups is 4. The smallest absolute Gasteiger partial charge is 0.306 e. The van der Waals surface area contributed by atoms with Gasteiger partial charge >= 0.3 is 5.97 Å². The van der Waals surface area contributed by atoms with E-state index in [2.05, 4.69) is 74.6 Å². The van der Waals surface area contributed by atoms with Gasteiger partial charge in [-0.05, 0) is 57.8 Å². The van der Waals surface area contributed by atoms with Crippen LogP contribution in [0.4, 0.5) is 0 Å². The summed E-state index contributed by atoms with van der Waals surface area (Å²) < 4.78 is 22.9. The van der Waals surface area contributed by atoms with Crippen molar-refractivity contribution in [2.45, 2.75) is 282 Å². The summed E-state index contributed by atoms with van der Waals surface area (Å²) >= 11 is 0. The van der Waals surface area contributed by atoms with Gasteiger partial charge in [0.15, 0.2) is 6.29 Å². The number of hydrogen-bond donors (Lipinski definition) is 4. The van der Waals surface area contributed by atoms with Crippen molar-refractivity contribution in [3.05, 3.63) is 60.8 Å². The Balaban J connectivity index is 2.17. The quantitative estimate of drug-likeness (QED) is 0.0267. The topological polar surface area (TPSA) is 135 Å². The van der Waals surface area contributed by atoms with E-state index in [9.17, 15) is 25.2 Å². The number of esters is 1. The van der Waals surface area contributed by atoms with Gasteiger partial charge in [-0.1, -0.05) is 242 Å². The lowest BCUT2D eigenvalue weighted by atomic mass is 9.99. The van der Waals surface area contributed by atoms with E-state index < -0.39 is 43.4 Å². The minimum atomic E-state index is -1.54. The van der Waals surface area contributed by atoms with Gasteiger partial charge < -0.3 is 39.4 Å². The molecule has 6 atom stereocenters. The highest BCUT2D eigenvalue weighted by molar-refractivity contribution is 5.69. The molecule has 6 unspecified atom stereocenters. The molecule has 0 aliphatic carbocycles. The molecular weight excluding hydrogens is 853 g/mol. The Labute approximate surface area is 417 Å². The molecule has 1 heterocycles. The fourth-order valence-electron chi connectivity index (χ4n) is 8.58. The Morgan fingerprint density at radius 2 is 0.897 bits per heavy atom. The van der Waals surface area contributed by atoms with Crippen molar-refractivity contribution >= 4 is 5.97 Å². The molecule has 0 spiro atoms. The van der Waals surface area contributed by atoms with E-state index >= 15 is 0 Å². The third kappa shape index (κ3) is 39.6. The fourth-order valence-corrected chi connectivity index (χ4v) is 8.58. The lowest BCUT2D eigenvalue weighted by Crippen LogP contribution is -2.59. The maximum Gasteiger partial charge on any atom is 0.306 e. The first-order valence-corrected chi connectivity index (χ1v) is 28.4. The zero-order valence-corrected chi connectivity index (χ0v) is 43.9. The van der Waals surface area contributed by atoms with Crippen molar-refractivity contribution in [1.82, 2.24) is 0 Å². The molecule has 1 saturated heterocycles. The van der Waals surface area contributed by atoms with Gasteiger partial charge in [0.25, 0.3) is 0 Å². The molecule has 0 saturated carbocycles. The van der Waals surface area contributed by atoms with Crippen LogP contribution in [0.25, 0.3) is 0 Å². The van der Waals surface area contributed by atoms with Crippen LogP contribution in [0.5, 0.6) is 0 Å². The second kappa shape index (κ2) is 49.9. The molecule has 1 aliphatic heterocycles. The molecule has 396 valence electrons. The highest BCUT2D eigenvalue weighted by Gasteiger charge is 2.44. The summed E-state index contributed by atoms with van der Waals surface area (Å²) in [7, 11) is 0. The average molecular weight is 959 g/mol. The number of rotatable bonds is 49. The van der Waals surface area contributed by atoms with E-state index in [0.29, 0.717) is 13.0 Å². The number of ether oxygens (including phenoxy) is 4. The zero-order valence-electron chi connectivity index (χ0n) is 43.9. The van der Waals surface area contributed by atoms with Gasteiger partial charge in [0.05, 0.1) is 19.8 Å². The van der Waals surface area contributed by atoms with E-state index in [1.807, 2.05) is 0 Å². The van der Waals surface area contributed by atoms with Crippen molar-refractivity contribution in [3.8, 4) is 0 Å². The number of aliphatic hydroxyl groups excluding tert-OH is 4. The molecule has 9 heteroatoms. The maximum atomic E-state index is 12.9. The highest BCUT2D eigenvalue weighted by Crippen LogP contribution is 2.23. The Bertz CT molecular complexity index is 1230. The molecule has 1 rings (SSSR count). The number of unbranched alkanes of at least 4 members (excludes halogenated alkanes) is 28. The van der Waals surface area contributed by atoms with E-state index in [1.54, 1.807) is 0 Å². The third-order valence-corrected chi connectivity index (χ3v) is 12.9. The molecule has 0 bridgehead atoms. The Kier molecular flexibility index (Phi) is 46.9. The van der Waals surface area contributed by atoms with E-state index in [0.717, 1.165) is 77.0 Å².